The normalized spacial score (nSPS) is 17.7. The summed E-state index contributed by atoms with van der Waals surface area (Å²) in [4.78, 5) is 4.07. The molecule has 0 atom stereocenters. The molecule has 1 fully saturated rings. The fourth-order valence-corrected chi connectivity index (χ4v) is 2.24. The van der Waals surface area contributed by atoms with E-state index in [1.54, 1.807) is 18.3 Å². The Kier molecular flexibility index (Phi) is 4.39. The van der Waals surface area contributed by atoms with Gasteiger partial charge in [-0.15, -0.1) is 0 Å². The molecule has 0 amide bonds. The SMILES string of the molecule is N/C(=N/O)c1ccc(OCC2CCCCC2)cn1. The third-order valence-corrected chi connectivity index (χ3v) is 3.32. The van der Waals surface area contributed by atoms with Crippen LogP contribution in [0.4, 0.5) is 0 Å². The van der Waals surface area contributed by atoms with Crippen molar-refractivity contribution >= 4 is 5.84 Å². The lowest BCUT2D eigenvalue weighted by atomic mass is 9.90. The van der Waals surface area contributed by atoms with E-state index >= 15 is 0 Å². The van der Waals surface area contributed by atoms with Crippen LogP contribution in [0.5, 0.6) is 5.75 Å². The lowest BCUT2D eigenvalue weighted by Gasteiger charge is -2.21. The second-order valence-corrected chi connectivity index (χ2v) is 4.68. The van der Waals surface area contributed by atoms with E-state index in [2.05, 4.69) is 10.1 Å². The Morgan fingerprint density at radius 3 is 2.78 bits per heavy atom. The van der Waals surface area contributed by atoms with Crippen molar-refractivity contribution in [2.45, 2.75) is 32.1 Å². The summed E-state index contributed by atoms with van der Waals surface area (Å²) in [5, 5.41) is 11.4. The molecule has 1 aromatic heterocycles. The van der Waals surface area contributed by atoms with Crippen molar-refractivity contribution in [3.8, 4) is 5.75 Å². The Labute approximate surface area is 107 Å². The average Bonchev–Trinajstić information content (AvgIpc) is 2.46. The van der Waals surface area contributed by atoms with Crippen LogP contribution in [0.3, 0.4) is 0 Å². The number of ether oxygens (including phenoxy) is 1. The summed E-state index contributed by atoms with van der Waals surface area (Å²) in [6.45, 7) is 0.755. The van der Waals surface area contributed by atoms with Crippen LogP contribution in [0.15, 0.2) is 23.5 Å². The number of rotatable bonds is 4. The smallest absolute Gasteiger partial charge is 0.188 e. The van der Waals surface area contributed by atoms with Gasteiger partial charge in [0.25, 0.3) is 0 Å². The number of hydrogen-bond acceptors (Lipinski definition) is 4. The van der Waals surface area contributed by atoms with Crippen LogP contribution in [0.2, 0.25) is 0 Å². The molecule has 0 aromatic carbocycles. The second kappa shape index (κ2) is 6.23. The molecule has 0 spiro atoms. The molecular formula is C13H19N3O2. The van der Waals surface area contributed by atoms with Gasteiger partial charge in [0.05, 0.1) is 12.8 Å². The average molecular weight is 249 g/mol. The van der Waals surface area contributed by atoms with Crippen molar-refractivity contribution in [1.29, 1.82) is 0 Å². The van der Waals surface area contributed by atoms with Crippen LogP contribution in [0.1, 0.15) is 37.8 Å². The molecule has 1 aliphatic rings. The Morgan fingerprint density at radius 1 is 1.39 bits per heavy atom. The predicted molar refractivity (Wildman–Crippen MR) is 68.8 cm³/mol. The first-order valence-corrected chi connectivity index (χ1v) is 6.36. The Bertz CT molecular complexity index is 397. The van der Waals surface area contributed by atoms with Gasteiger partial charge >= 0.3 is 0 Å². The van der Waals surface area contributed by atoms with E-state index < -0.39 is 0 Å². The number of amidine groups is 1. The number of nitrogens with zero attached hydrogens (tertiary/aromatic N) is 2. The van der Waals surface area contributed by atoms with Gasteiger partial charge in [0, 0.05) is 0 Å². The van der Waals surface area contributed by atoms with E-state index in [0.717, 1.165) is 12.4 Å². The van der Waals surface area contributed by atoms with Gasteiger partial charge in [0.15, 0.2) is 5.84 Å². The van der Waals surface area contributed by atoms with Crippen LogP contribution in [-0.4, -0.2) is 22.6 Å². The zero-order chi connectivity index (χ0) is 12.8. The predicted octanol–water partition coefficient (Wildman–Crippen LogP) is 2.14. The number of nitrogens with two attached hydrogens (primary N) is 1. The Balaban J connectivity index is 1.86. The molecule has 0 bridgehead atoms. The molecule has 0 radical (unpaired) electrons. The number of hydrogen-bond donors (Lipinski definition) is 2. The van der Waals surface area contributed by atoms with Gasteiger partial charge in [0.1, 0.15) is 11.4 Å². The van der Waals surface area contributed by atoms with Gasteiger partial charge in [-0.05, 0) is 30.9 Å². The van der Waals surface area contributed by atoms with Crippen molar-refractivity contribution in [3.63, 3.8) is 0 Å². The fraction of sp³-hybridized carbons (Fsp3) is 0.538. The second-order valence-electron chi connectivity index (χ2n) is 4.68. The van der Waals surface area contributed by atoms with Gasteiger partial charge in [-0.3, -0.25) is 0 Å². The molecular weight excluding hydrogens is 230 g/mol. The number of pyridine rings is 1. The number of aromatic nitrogens is 1. The summed E-state index contributed by atoms with van der Waals surface area (Å²) in [5.74, 6) is 1.41. The van der Waals surface area contributed by atoms with Gasteiger partial charge in [0.2, 0.25) is 0 Å². The van der Waals surface area contributed by atoms with E-state index in [4.69, 9.17) is 15.7 Å². The molecule has 3 N–H and O–H groups in total. The van der Waals surface area contributed by atoms with Crippen LogP contribution >= 0.6 is 0 Å². The highest BCUT2D eigenvalue weighted by Crippen LogP contribution is 2.24. The van der Waals surface area contributed by atoms with E-state index in [9.17, 15) is 0 Å². The third-order valence-electron chi connectivity index (χ3n) is 3.32. The third kappa shape index (κ3) is 3.35. The van der Waals surface area contributed by atoms with Crippen molar-refractivity contribution in [3.05, 3.63) is 24.0 Å². The van der Waals surface area contributed by atoms with Gasteiger partial charge < -0.3 is 15.7 Å². The minimum absolute atomic E-state index is 0.00818. The number of oxime groups is 1. The minimum Gasteiger partial charge on any atom is -0.492 e. The highest BCUT2D eigenvalue weighted by atomic mass is 16.5. The molecule has 1 aromatic rings. The zero-order valence-electron chi connectivity index (χ0n) is 10.4. The quantitative estimate of drug-likeness (QED) is 0.371. The van der Waals surface area contributed by atoms with Crippen LogP contribution in [-0.2, 0) is 0 Å². The summed E-state index contributed by atoms with van der Waals surface area (Å²) in [5.41, 5.74) is 5.88. The first kappa shape index (κ1) is 12.7. The highest BCUT2D eigenvalue weighted by Gasteiger charge is 2.14. The van der Waals surface area contributed by atoms with Gasteiger partial charge in [-0.2, -0.15) is 0 Å². The summed E-state index contributed by atoms with van der Waals surface area (Å²) >= 11 is 0. The maximum absolute atomic E-state index is 8.52. The van der Waals surface area contributed by atoms with Crippen LogP contribution in [0.25, 0.3) is 0 Å². The molecule has 2 rings (SSSR count). The monoisotopic (exact) mass is 249 g/mol. The van der Waals surface area contributed by atoms with E-state index in [1.165, 1.54) is 32.1 Å². The fourth-order valence-electron chi connectivity index (χ4n) is 2.24. The molecule has 5 heteroatoms. The van der Waals surface area contributed by atoms with Crippen LogP contribution in [0, 0.1) is 5.92 Å². The summed E-state index contributed by atoms with van der Waals surface area (Å²) in [6.07, 6.45) is 8.11. The summed E-state index contributed by atoms with van der Waals surface area (Å²) in [6, 6.07) is 3.48. The summed E-state index contributed by atoms with van der Waals surface area (Å²) < 4.78 is 5.71. The first-order valence-electron chi connectivity index (χ1n) is 6.36. The Hall–Kier alpha value is -1.78. The topological polar surface area (TPSA) is 80.7 Å². The van der Waals surface area contributed by atoms with Gasteiger partial charge in [-0.1, -0.05) is 24.4 Å². The molecule has 0 unspecified atom stereocenters. The van der Waals surface area contributed by atoms with Crippen molar-refractivity contribution in [2.75, 3.05) is 6.61 Å². The molecule has 1 aliphatic carbocycles. The lowest BCUT2D eigenvalue weighted by Crippen LogP contribution is -2.16. The molecule has 98 valence electrons. The molecule has 5 nitrogen and oxygen atoms in total. The molecule has 0 aliphatic heterocycles. The van der Waals surface area contributed by atoms with Crippen molar-refractivity contribution in [1.82, 2.24) is 4.98 Å². The Morgan fingerprint density at radius 2 is 2.17 bits per heavy atom. The first-order chi connectivity index (χ1) is 8.79. The van der Waals surface area contributed by atoms with Crippen molar-refractivity contribution < 1.29 is 9.94 Å². The van der Waals surface area contributed by atoms with Crippen molar-refractivity contribution in [2.24, 2.45) is 16.8 Å². The van der Waals surface area contributed by atoms with Gasteiger partial charge in [-0.25, -0.2) is 4.98 Å². The maximum atomic E-state index is 8.52. The summed E-state index contributed by atoms with van der Waals surface area (Å²) in [7, 11) is 0. The minimum atomic E-state index is 0.00818. The zero-order valence-corrected chi connectivity index (χ0v) is 10.4. The molecule has 1 heterocycles. The molecule has 1 saturated carbocycles. The largest absolute Gasteiger partial charge is 0.492 e. The highest BCUT2D eigenvalue weighted by molar-refractivity contribution is 5.95. The van der Waals surface area contributed by atoms with Crippen LogP contribution < -0.4 is 10.5 Å². The van der Waals surface area contributed by atoms with E-state index in [1.807, 2.05) is 0 Å². The molecule has 18 heavy (non-hydrogen) atoms. The van der Waals surface area contributed by atoms with E-state index in [0.29, 0.717) is 11.6 Å². The lowest BCUT2D eigenvalue weighted by molar-refractivity contribution is 0.208. The maximum Gasteiger partial charge on any atom is 0.188 e. The standard InChI is InChI=1S/C13H19N3O2/c14-13(16-17)12-7-6-11(8-15-12)18-9-10-4-2-1-3-5-10/h6-8,10,17H,1-5,9H2,(H2,14,16). The van der Waals surface area contributed by atoms with E-state index in [-0.39, 0.29) is 5.84 Å². The molecule has 0 saturated heterocycles.